The fourth-order valence-electron chi connectivity index (χ4n) is 2.01. The molecule has 0 saturated carbocycles. The highest BCUT2D eigenvalue weighted by atomic mass is 16.1. The van der Waals surface area contributed by atoms with E-state index in [1.54, 1.807) is 12.1 Å². The van der Waals surface area contributed by atoms with Crippen LogP contribution >= 0.6 is 0 Å². The molecule has 0 spiro atoms. The van der Waals surface area contributed by atoms with Crippen molar-refractivity contribution >= 4 is 0 Å². The topological polar surface area (TPSA) is 58.7 Å². The molecule has 0 aliphatic heterocycles. The Morgan fingerprint density at radius 2 is 1.85 bits per heavy atom. The largest absolute Gasteiger partial charge is 0.268 e. The number of aryl methyl sites for hydroxylation is 1. The van der Waals surface area contributed by atoms with Crippen LogP contribution in [-0.2, 0) is 6.54 Å². The van der Waals surface area contributed by atoms with Crippen molar-refractivity contribution in [2.45, 2.75) is 32.2 Å². The fourth-order valence-corrected chi connectivity index (χ4v) is 2.01. The molecule has 2 aromatic rings. The SMILES string of the molecule is N#CCCCCCn1nc(-c2ccccc2)ccc1=O. The summed E-state index contributed by atoms with van der Waals surface area (Å²) >= 11 is 0. The summed E-state index contributed by atoms with van der Waals surface area (Å²) < 4.78 is 1.51. The first-order valence-electron chi connectivity index (χ1n) is 6.82. The molecule has 0 unspecified atom stereocenters. The smallest absolute Gasteiger partial charge is 0.266 e. The molecule has 0 fully saturated rings. The lowest BCUT2D eigenvalue weighted by molar-refractivity contribution is 0.525. The van der Waals surface area contributed by atoms with E-state index in [4.69, 9.17) is 5.26 Å². The zero-order valence-electron chi connectivity index (χ0n) is 11.3. The summed E-state index contributed by atoms with van der Waals surface area (Å²) in [5.74, 6) is 0. The number of nitrogens with zero attached hydrogens (tertiary/aromatic N) is 3. The van der Waals surface area contributed by atoms with Crippen molar-refractivity contribution < 1.29 is 0 Å². The molecule has 0 aliphatic rings. The van der Waals surface area contributed by atoms with Gasteiger partial charge in [-0.05, 0) is 18.9 Å². The van der Waals surface area contributed by atoms with Crippen LogP contribution in [0.3, 0.4) is 0 Å². The van der Waals surface area contributed by atoms with E-state index >= 15 is 0 Å². The van der Waals surface area contributed by atoms with Crippen molar-refractivity contribution in [3.8, 4) is 17.3 Å². The molecule has 0 bridgehead atoms. The molecule has 102 valence electrons. The maximum Gasteiger partial charge on any atom is 0.266 e. The van der Waals surface area contributed by atoms with E-state index in [1.807, 2.05) is 30.3 Å². The maximum absolute atomic E-state index is 11.8. The van der Waals surface area contributed by atoms with Crippen molar-refractivity contribution in [1.29, 1.82) is 5.26 Å². The molecule has 1 aromatic heterocycles. The van der Waals surface area contributed by atoms with Gasteiger partial charge in [-0.3, -0.25) is 4.79 Å². The summed E-state index contributed by atoms with van der Waals surface area (Å²) in [6, 6.07) is 15.2. The number of rotatable bonds is 6. The van der Waals surface area contributed by atoms with E-state index in [0.29, 0.717) is 13.0 Å². The van der Waals surface area contributed by atoms with E-state index in [-0.39, 0.29) is 5.56 Å². The second kappa shape index (κ2) is 7.25. The molecule has 1 heterocycles. The molecule has 0 radical (unpaired) electrons. The summed E-state index contributed by atoms with van der Waals surface area (Å²) in [6.45, 7) is 0.602. The van der Waals surface area contributed by atoms with E-state index in [0.717, 1.165) is 30.5 Å². The van der Waals surface area contributed by atoms with Crippen LogP contribution < -0.4 is 5.56 Å². The number of hydrogen-bond donors (Lipinski definition) is 0. The first kappa shape index (κ1) is 14.0. The summed E-state index contributed by atoms with van der Waals surface area (Å²) in [7, 11) is 0. The van der Waals surface area contributed by atoms with Gasteiger partial charge < -0.3 is 0 Å². The summed E-state index contributed by atoms with van der Waals surface area (Å²) in [4.78, 5) is 11.8. The van der Waals surface area contributed by atoms with Crippen LogP contribution in [0, 0.1) is 11.3 Å². The van der Waals surface area contributed by atoms with Crippen LogP contribution in [0.5, 0.6) is 0 Å². The molecular formula is C16H17N3O. The van der Waals surface area contributed by atoms with Gasteiger partial charge in [-0.15, -0.1) is 0 Å². The van der Waals surface area contributed by atoms with E-state index < -0.39 is 0 Å². The average Bonchev–Trinajstić information content (AvgIpc) is 2.49. The lowest BCUT2D eigenvalue weighted by Gasteiger charge is -2.06. The van der Waals surface area contributed by atoms with E-state index in [1.165, 1.54) is 4.68 Å². The monoisotopic (exact) mass is 267 g/mol. The van der Waals surface area contributed by atoms with Gasteiger partial charge in [0.25, 0.3) is 5.56 Å². The van der Waals surface area contributed by atoms with Gasteiger partial charge >= 0.3 is 0 Å². The maximum atomic E-state index is 11.8. The van der Waals surface area contributed by atoms with Crippen LogP contribution in [0.25, 0.3) is 11.3 Å². The average molecular weight is 267 g/mol. The Hall–Kier alpha value is -2.41. The van der Waals surface area contributed by atoms with Crippen molar-refractivity contribution in [3.05, 3.63) is 52.8 Å². The third-order valence-corrected chi connectivity index (χ3v) is 3.09. The Labute approximate surface area is 118 Å². The molecule has 0 saturated heterocycles. The minimum atomic E-state index is -0.0787. The second-order valence-corrected chi connectivity index (χ2v) is 4.61. The van der Waals surface area contributed by atoms with Gasteiger partial charge in [-0.1, -0.05) is 36.8 Å². The van der Waals surface area contributed by atoms with Crippen LogP contribution in [0.1, 0.15) is 25.7 Å². The molecule has 4 heteroatoms. The third-order valence-electron chi connectivity index (χ3n) is 3.09. The zero-order chi connectivity index (χ0) is 14.2. The first-order valence-corrected chi connectivity index (χ1v) is 6.82. The highest BCUT2D eigenvalue weighted by Crippen LogP contribution is 2.14. The Bertz CT molecular complexity index is 641. The lowest BCUT2D eigenvalue weighted by Crippen LogP contribution is -2.22. The van der Waals surface area contributed by atoms with Gasteiger partial charge in [0.05, 0.1) is 11.8 Å². The molecule has 0 aliphatic carbocycles. The molecule has 4 nitrogen and oxygen atoms in total. The fraction of sp³-hybridized carbons (Fsp3) is 0.312. The Morgan fingerprint density at radius 1 is 1.05 bits per heavy atom. The normalized spacial score (nSPS) is 10.2. The zero-order valence-corrected chi connectivity index (χ0v) is 11.3. The predicted octanol–water partition coefficient (Wildman–Crippen LogP) is 2.99. The molecule has 1 aromatic carbocycles. The molecule has 0 N–H and O–H groups in total. The summed E-state index contributed by atoms with van der Waals surface area (Å²) in [6.07, 6.45) is 3.26. The molecule has 2 rings (SSSR count). The van der Waals surface area contributed by atoms with Gasteiger partial charge in [-0.25, -0.2) is 4.68 Å². The minimum Gasteiger partial charge on any atom is -0.268 e. The number of hydrogen-bond acceptors (Lipinski definition) is 3. The van der Waals surface area contributed by atoms with E-state index in [2.05, 4.69) is 11.2 Å². The molecular weight excluding hydrogens is 250 g/mol. The van der Waals surface area contributed by atoms with Crippen molar-refractivity contribution in [1.82, 2.24) is 9.78 Å². The van der Waals surface area contributed by atoms with Gasteiger partial charge in [0.1, 0.15) is 0 Å². The van der Waals surface area contributed by atoms with Crippen molar-refractivity contribution in [2.24, 2.45) is 0 Å². The summed E-state index contributed by atoms with van der Waals surface area (Å²) in [5, 5.41) is 12.9. The number of aromatic nitrogens is 2. The first-order chi connectivity index (χ1) is 9.81. The highest BCUT2D eigenvalue weighted by molar-refractivity contribution is 5.57. The molecule has 0 amide bonds. The van der Waals surface area contributed by atoms with Crippen molar-refractivity contribution in [2.75, 3.05) is 0 Å². The lowest BCUT2D eigenvalue weighted by atomic mass is 10.1. The minimum absolute atomic E-state index is 0.0787. The number of unbranched alkanes of at least 4 members (excludes halogenated alkanes) is 3. The predicted molar refractivity (Wildman–Crippen MR) is 78.0 cm³/mol. The van der Waals surface area contributed by atoms with Crippen molar-refractivity contribution in [3.63, 3.8) is 0 Å². The van der Waals surface area contributed by atoms with Gasteiger partial charge in [0.2, 0.25) is 0 Å². The Kier molecular flexibility index (Phi) is 5.08. The molecule has 20 heavy (non-hydrogen) atoms. The molecule has 0 atom stereocenters. The van der Waals surface area contributed by atoms with Crippen LogP contribution in [0.15, 0.2) is 47.3 Å². The van der Waals surface area contributed by atoms with E-state index in [9.17, 15) is 4.79 Å². The quantitative estimate of drug-likeness (QED) is 0.756. The van der Waals surface area contributed by atoms with Gasteiger partial charge in [0, 0.05) is 24.6 Å². The Balaban J connectivity index is 2.06. The summed E-state index contributed by atoms with van der Waals surface area (Å²) in [5.41, 5.74) is 1.73. The third kappa shape index (κ3) is 3.79. The highest BCUT2D eigenvalue weighted by Gasteiger charge is 2.02. The van der Waals surface area contributed by atoms with Crippen LogP contribution in [0.4, 0.5) is 0 Å². The van der Waals surface area contributed by atoms with Gasteiger partial charge in [0.15, 0.2) is 0 Å². The van der Waals surface area contributed by atoms with Gasteiger partial charge in [-0.2, -0.15) is 10.4 Å². The van der Waals surface area contributed by atoms with Crippen LogP contribution in [-0.4, -0.2) is 9.78 Å². The second-order valence-electron chi connectivity index (χ2n) is 4.61. The standard InChI is InChI=1S/C16H17N3O/c17-12-6-1-2-7-13-19-16(20)11-10-15(18-19)14-8-4-3-5-9-14/h3-5,8-11H,1-2,6-7,13H2. The number of nitriles is 1. The number of benzene rings is 1. The van der Waals surface area contributed by atoms with Crippen LogP contribution in [0.2, 0.25) is 0 Å². The Morgan fingerprint density at radius 3 is 2.60 bits per heavy atom.